The van der Waals surface area contributed by atoms with Crippen molar-refractivity contribution >= 4 is 11.6 Å². The number of nitrogens with zero attached hydrogens (tertiary/aromatic N) is 1. The Kier molecular flexibility index (Phi) is 5.04. The molecule has 4 rings (SSSR count). The second-order valence-corrected chi connectivity index (χ2v) is 8.92. The van der Waals surface area contributed by atoms with Crippen LogP contribution < -0.4 is 5.32 Å². The SMILES string of the molecule is CC(C)N1CCNCC1(C)C1CC(c2ccc(F)cc2)c2ccc(Cl)cc21. The standard InChI is InChI=1S/C23H28ClFN2/c1-15(2)27-11-10-26-14-23(27,3)22-13-20(16-4-7-18(25)8-5-16)19-9-6-17(24)12-21(19)22/h4-9,12,15,20,22,26H,10-11,13-14H2,1-3H3. The zero-order chi connectivity index (χ0) is 19.2. The molecule has 2 aliphatic rings. The quantitative estimate of drug-likeness (QED) is 0.782. The third kappa shape index (κ3) is 3.30. The van der Waals surface area contributed by atoms with Gasteiger partial charge in [-0.3, -0.25) is 4.90 Å². The molecular formula is C23H28ClFN2. The highest BCUT2D eigenvalue weighted by molar-refractivity contribution is 6.30. The first-order valence-electron chi connectivity index (χ1n) is 9.92. The smallest absolute Gasteiger partial charge is 0.123 e. The van der Waals surface area contributed by atoms with Crippen LogP contribution in [0.2, 0.25) is 5.02 Å². The maximum absolute atomic E-state index is 13.5. The van der Waals surface area contributed by atoms with E-state index < -0.39 is 0 Å². The maximum atomic E-state index is 13.5. The summed E-state index contributed by atoms with van der Waals surface area (Å²) in [6.07, 6.45) is 1.03. The van der Waals surface area contributed by atoms with Crippen molar-refractivity contribution in [2.45, 2.75) is 50.6 Å². The molecule has 3 unspecified atom stereocenters. The molecule has 0 amide bonds. The van der Waals surface area contributed by atoms with Gasteiger partial charge in [0.25, 0.3) is 0 Å². The highest BCUT2D eigenvalue weighted by Gasteiger charge is 2.48. The number of hydrogen-bond donors (Lipinski definition) is 1. The lowest BCUT2D eigenvalue weighted by Gasteiger charge is -2.51. The van der Waals surface area contributed by atoms with Crippen LogP contribution in [0.1, 0.15) is 55.7 Å². The second-order valence-electron chi connectivity index (χ2n) is 8.49. The number of benzene rings is 2. The summed E-state index contributed by atoms with van der Waals surface area (Å²) in [5.41, 5.74) is 3.91. The highest BCUT2D eigenvalue weighted by Crippen LogP contribution is 2.52. The lowest BCUT2D eigenvalue weighted by atomic mass is 9.77. The summed E-state index contributed by atoms with van der Waals surface area (Å²) in [6, 6.07) is 13.8. The van der Waals surface area contributed by atoms with Crippen molar-refractivity contribution in [3.8, 4) is 0 Å². The Morgan fingerprint density at radius 3 is 2.59 bits per heavy atom. The van der Waals surface area contributed by atoms with Crippen molar-refractivity contribution < 1.29 is 4.39 Å². The third-order valence-corrected chi connectivity index (χ3v) is 6.82. The fourth-order valence-corrected chi connectivity index (χ4v) is 5.50. The zero-order valence-corrected chi connectivity index (χ0v) is 17.1. The molecule has 1 N–H and O–H groups in total. The lowest BCUT2D eigenvalue weighted by Crippen LogP contribution is -2.64. The van der Waals surface area contributed by atoms with Crippen LogP contribution in [0.3, 0.4) is 0 Å². The summed E-state index contributed by atoms with van der Waals surface area (Å²) in [5, 5.41) is 4.41. The molecular weight excluding hydrogens is 359 g/mol. The molecule has 1 saturated heterocycles. The van der Waals surface area contributed by atoms with E-state index in [0.717, 1.165) is 31.1 Å². The fourth-order valence-electron chi connectivity index (χ4n) is 5.32. The fraction of sp³-hybridized carbons (Fsp3) is 0.478. The summed E-state index contributed by atoms with van der Waals surface area (Å²) in [5.74, 6) is 0.492. The molecule has 4 heteroatoms. The van der Waals surface area contributed by atoms with Crippen molar-refractivity contribution in [2.75, 3.05) is 19.6 Å². The van der Waals surface area contributed by atoms with Crippen LogP contribution in [0, 0.1) is 5.82 Å². The van der Waals surface area contributed by atoms with Gasteiger partial charge in [-0.25, -0.2) is 4.39 Å². The first-order valence-corrected chi connectivity index (χ1v) is 10.3. The van der Waals surface area contributed by atoms with Gasteiger partial charge in [-0.2, -0.15) is 0 Å². The second kappa shape index (κ2) is 7.20. The number of fused-ring (bicyclic) bond motifs is 1. The van der Waals surface area contributed by atoms with Crippen molar-refractivity contribution in [3.63, 3.8) is 0 Å². The monoisotopic (exact) mass is 386 g/mol. The van der Waals surface area contributed by atoms with Crippen LogP contribution >= 0.6 is 11.6 Å². The summed E-state index contributed by atoms with van der Waals surface area (Å²) in [6.45, 7) is 10.0. The van der Waals surface area contributed by atoms with E-state index >= 15 is 0 Å². The Hall–Kier alpha value is -1.42. The number of nitrogens with one attached hydrogen (secondary N) is 1. The van der Waals surface area contributed by atoms with Gasteiger partial charge in [0, 0.05) is 48.1 Å². The van der Waals surface area contributed by atoms with Gasteiger partial charge in [0.05, 0.1) is 0 Å². The van der Waals surface area contributed by atoms with Gasteiger partial charge in [0.2, 0.25) is 0 Å². The molecule has 2 aromatic carbocycles. The predicted octanol–water partition coefficient (Wildman–Crippen LogP) is 5.17. The molecule has 0 saturated carbocycles. The lowest BCUT2D eigenvalue weighted by molar-refractivity contribution is 0.0232. The van der Waals surface area contributed by atoms with Gasteiger partial charge in [0.1, 0.15) is 5.82 Å². The van der Waals surface area contributed by atoms with E-state index in [4.69, 9.17) is 11.6 Å². The highest BCUT2D eigenvalue weighted by atomic mass is 35.5. The van der Waals surface area contributed by atoms with Crippen LogP contribution in [-0.4, -0.2) is 36.1 Å². The number of rotatable bonds is 3. The van der Waals surface area contributed by atoms with E-state index in [2.05, 4.69) is 43.1 Å². The van der Waals surface area contributed by atoms with E-state index in [9.17, 15) is 4.39 Å². The molecule has 1 heterocycles. The summed E-state index contributed by atoms with van der Waals surface area (Å²) >= 11 is 6.41. The maximum Gasteiger partial charge on any atom is 0.123 e. The van der Waals surface area contributed by atoms with Gasteiger partial charge in [-0.05, 0) is 68.1 Å². The Balaban J connectivity index is 1.78. The Morgan fingerprint density at radius 2 is 1.89 bits per heavy atom. The minimum absolute atomic E-state index is 0.0284. The van der Waals surface area contributed by atoms with Gasteiger partial charge >= 0.3 is 0 Å². The van der Waals surface area contributed by atoms with E-state index in [1.54, 1.807) is 12.1 Å². The van der Waals surface area contributed by atoms with E-state index in [-0.39, 0.29) is 17.3 Å². The van der Waals surface area contributed by atoms with Crippen molar-refractivity contribution in [2.24, 2.45) is 0 Å². The summed E-state index contributed by atoms with van der Waals surface area (Å²) in [7, 11) is 0. The van der Waals surface area contributed by atoms with Gasteiger partial charge in [-0.15, -0.1) is 0 Å². The molecule has 0 radical (unpaired) electrons. The molecule has 27 heavy (non-hydrogen) atoms. The Morgan fingerprint density at radius 1 is 1.15 bits per heavy atom. The van der Waals surface area contributed by atoms with Crippen LogP contribution in [-0.2, 0) is 0 Å². The summed E-state index contributed by atoms with van der Waals surface area (Å²) in [4.78, 5) is 2.64. The van der Waals surface area contributed by atoms with Crippen molar-refractivity contribution in [3.05, 3.63) is 70.0 Å². The summed E-state index contributed by atoms with van der Waals surface area (Å²) < 4.78 is 13.5. The first kappa shape index (κ1) is 18.9. The van der Waals surface area contributed by atoms with E-state index in [1.165, 1.54) is 16.7 Å². The Labute approximate surface area is 166 Å². The normalized spacial score (nSPS) is 28.5. The molecule has 0 aromatic heterocycles. The molecule has 2 nitrogen and oxygen atoms in total. The van der Waals surface area contributed by atoms with E-state index in [1.807, 2.05) is 18.2 Å². The minimum Gasteiger partial charge on any atom is -0.314 e. The molecule has 1 aliphatic carbocycles. The third-order valence-electron chi connectivity index (χ3n) is 6.59. The largest absolute Gasteiger partial charge is 0.314 e. The minimum atomic E-state index is -0.181. The van der Waals surface area contributed by atoms with Crippen molar-refractivity contribution in [1.29, 1.82) is 0 Å². The van der Waals surface area contributed by atoms with E-state index in [0.29, 0.717) is 12.0 Å². The van der Waals surface area contributed by atoms with Gasteiger partial charge < -0.3 is 5.32 Å². The van der Waals surface area contributed by atoms with Crippen LogP contribution in [0.15, 0.2) is 42.5 Å². The average molecular weight is 387 g/mol. The topological polar surface area (TPSA) is 15.3 Å². The number of hydrogen-bond acceptors (Lipinski definition) is 2. The molecule has 2 aromatic rings. The predicted molar refractivity (Wildman–Crippen MR) is 110 cm³/mol. The average Bonchev–Trinajstić information content (AvgIpc) is 3.02. The molecule has 144 valence electrons. The molecule has 0 spiro atoms. The van der Waals surface area contributed by atoms with Crippen molar-refractivity contribution in [1.82, 2.24) is 10.2 Å². The zero-order valence-electron chi connectivity index (χ0n) is 16.3. The van der Waals surface area contributed by atoms with Crippen LogP contribution in [0.4, 0.5) is 4.39 Å². The molecule has 3 atom stereocenters. The van der Waals surface area contributed by atoms with Gasteiger partial charge in [-0.1, -0.05) is 29.8 Å². The Bertz CT molecular complexity index is 820. The number of piperazine rings is 1. The van der Waals surface area contributed by atoms with Crippen LogP contribution in [0.5, 0.6) is 0 Å². The molecule has 1 fully saturated rings. The number of halogens is 2. The first-order chi connectivity index (χ1) is 12.9. The van der Waals surface area contributed by atoms with Gasteiger partial charge in [0.15, 0.2) is 0 Å². The van der Waals surface area contributed by atoms with Crippen LogP contribution in [0.25, 0.3) is 0 Å². The molecule has 0 bridgehead atoms. The molecule has 1 aliphatic heterocycles.